The number of hydrogen-bond acceptors (Lipinski definition) is 5. The van der Waals surface area contributed by atoms with Crippen molar-refractivity contribution in [3.8, 4) is 0 Å². The van der Waals surface area contributed by atoms with E-state index in [1.54, 1.807) is 10.8 Å². The number of aromatic nitrogens is 4. The highest BCUT2D eigenvalue weighted by molar-refractivity contribution is 5.77. The van der Waals surface area contributed by atoms with E-state index < -0.39 is 0 Å². The molecule has 7 heteroatoms. The summed E-state index contributed by atoms with van der Waals surface area (Å²) in [6.07, 6.45) is 6.47. The van der Waals surface area contributed by atoms with Gasteiger partial charge < -0.3 is 10.2 Å². The topological polar surface area (TPSA) is 75.4 Å². The van der Waals surface area contributed by atoms with Crippen LogP contribution in [-0.4, -0.2) is 50.3 Å². The van der Waals surface area contributed by atoms with E-state index in [1.807, 2.05) is 32.0 Å². The first-order valence-corrected chi connectivity index (χ1v) is 10.8. The van der Waals surface area contributed by atoms with Gasteiger partial charge >= 0.3 is 0 Å². The quantitative estimate of drug-likeness (QED) is 0.653. The summed E-state index contributed by atoms with van der Waals surface area (Å²) in [6.45, 7) is 7.09. The average Bonchev–Trinajstić information content (AvgIpc) is 3.23. The molecule has 0 radical (unpaired) electrons. The van der Waals surface area contributed by atoms with E-state index in [1.165, 1.54) is 19.3 Å². The molecule has 0 aliphatic carbocycles. The maximum Gasteiger partial charge on any atom is 0.220 e. The Morgan fingerprint density at radius 2 is 1.90 bits per heavy atom. The molecule has 1 aliphatic rings. The van der Waals surface area contributed by atoms with Crippen molar-refractivity contribution in [2.24, 2.45) is 0 Å². The summed E-state index contributed by atoms with van der Waals surface area (Å²) >= 11 is 0. The Balaban J connectivity index is 1.43. The number of nitrogens with one attached hydrogen (secondary N) is 1. The van der Waals surface area contributed by atoms with Crippen molar-refractivity contribution in [3.05, 3.63) is 59.0 Å². The number of carbonyl (C=O) groups excluding carboxylic acids is 1. The Labute approximate surface area is 177 Å². The van der Waals surface area contributed by atoms with Crippen molar-refractivity contribution in [1.82, 2.24) is 30.0 Å². The summed E-state index contributed by atoms with van der Waals surface area (Å²) in [5.41, 5.74) is 4.96. The number of hydrogen-bond donors (Lipinski definition) is 1. The second-order valence-corrected chi connectivity index (χ2v) is 8.18. The molecule has 2 aromatic heterocycles. The van der Waals surface area contributed by atoms with Gasteiger partial charge in [0.15, 0.2) is 5.65 Å². The summed E-state index contributed by atoms with van der Waals surface area (Å²) in [5, 5.41) is 15.9. The lowest BCUT2D eigenvalue weighted by Gasteiger charge is -2.31. The van der Waals surface area contributed by atoms with E-state index in [2.05, 4.69) is 37.6 Å². The van der Waals surface area contributed by atoms with Gasteiger partial charge in [-0.25, -0.2) is 4.52 Å². The minimum Gasteiger partial charge on any atom is -0.348 e. The van der Waals surface area contributed by atoms with Crippen LogP contribution >= 0.6 is 0 Å². The van der Waals surface area contributed by atoms with Gasteiger partial charge in [-0.15, -0.1) is 10.2 Å². The van der Waals surface area contributed by atoms with Gasteiger partial charge in [0.05, 0.1) is 11.7 Å². The zero-order chi connectivity index (χ0) is 20.9. The molecular formula is C23H30N6O. The van der Waals surface area contributed by atoms with Crippen LogP contribution in [0.5, 0.6) is 0 Å². The summed E-state index contributed by atoms with van der Waals surface area (Å²) in [5.74, 6) is 0.0704. The molecule has 3 heterocycles. The van der Waals surface area contributed by atoms with E-state index in [0.29, 0.717) is 12.8 Å². The lowest BCUT2D eigenvalue weighted by molar-refractivity contribution is -0.122. The molecule has 0 spiro atoms. The summed E-state index contributed by atoms with van der Waals surface area (Å²) in [4.78, 5) is 15.4. The molecule has 158 valence electrons. The molecule has 1 N–H and O–H groups in total. The maximum atomic E-state index is 12.9. The van der Waals surface area contributed by atoms with Crippen LogP contribution in [0.3, 0.4) is 0 Å². The van der Waals surface area contributed by atoms with Gasteiger partial charge in [0.25, 0.3) is 0 Å². The zero-order valence-electron chi connectivity index (χ0n) is 17.8. The van der Waals surface area contributed by atoms with Crippen LogP contribution in [0.2, 0.25) is 0 Å². The van der Waals surface area contributed by atoms with Gasteiger partial charge in [0, 0.05) is 18.5 Å². The van der Waals surface area contributed by atoms with Crippen LogP contribution in [0.25, 0.3) is 5.65 Å². The first-order chi connectivity index (χ1) is 14.6. The van der Waals surface area contributed by atoms with Crippen LogP contribution in [0, 0.1) is 13.8 Å². The summed E-state index contributed by atoms with van der Waals surface area (Å²) < 4.78 is 1.69. The molecule has 1 aromatic carbocycles. The molecule has 3 aromatic rings. The van der Waals surface area contributed by atoms with Gasteiger partial charge in [-0.3, -0.25) is 4.79 Å². The number of nitrogens with zero attached hydrogens (tertiary/aromatic N) is 5. The summed E-state index contributed by atoms with van der Waals surface area (Å²) in [6, 6.07) is 10.3. The lowest BCUT2D eigenvalue weighted by atomic mass is 10.0. The molecule has 1 fully saturated rings. The fourth-order valence-electron chi connectivity index (χ4n) is 4.37. The Morgan fingerprint density at radius 1 is 1.13 bits per heavy atom. The number of piperidine rings is 1. The third-order valence-corrected chi connectivity index (χ3v) is 6.04. The molecule has 4 rings (SSSR count). The fraction of sp³-hybridized carbons (Fsp3) is 0.478. The molecule has 1 unspecified atom stereocenters. The van der Waals surface area contributed by atoms with E-state index in [0.717, 1.165) is 47.7 Å². The molecule has 1 atom stereocenters. The summed E-state index contributed by atoms with van der Waals surface area (Å²) in [7, 11) is 0. The van der Waals surface area contributed by atoms with Crippen molar-refractivity contribution < 1.29 is 4.79 Å². The normalized spacial score (nSPS) is 15.9. The highest BCUT2D eigenvalue weighted by Crippen LogP contribution is 2.20. The van der Waals surface area contributed by atoms with Crippen molar-refractivity contribution >= 4 is 11.6 Å². The first kappa shape index (κ1) is 20.5. The first-order valence-electron chi connectivity index (χ1n) is 10.8. The van der Waals surface area contributed by atoms with Crippen LogP contribution in [0.4, 0.5) is 0 Å². The number of rotatable bonds is 7. The molecule has 7 nitrogen and oxygen atoms in total. The molecule has 1 saturated heterocycles. The van der Waals surface area contributed by atoms with Crippen LogP contribution in [-0.2, 0) is 11.2 Å². The smallest absolute Gasteiger partial charge is 0.220 e. The van der Waals surface area contributed by atoms with Crippen molar-refractivity contribution in [1.29, 1.82) is 0 Å². The van der Waals surface area contributed by atoms with Crippen LogP contribution in [0.1, 0.15) is 54.1 Å². The molecule has 0 saturated carbocycles. The van der Waals surface area contributed by atoms with Gasteiger partial charge in [-0.05, 0) is 57.3 Å². The number of benzene rings is 1. The SMILES string of the molecule is Cc1nn2cnnc2c(C)c1CCC(=O)NC(CN1CCCCC1)c1ccccc1. The number of likely N-dealkylation sites (tertiary alicyclic amines) is 1. The van der Waals surface area contributed by atoms with Crippen molar-refractivity contribution in [2.75, 3.05) is 19.6 Å². The second kappa shape index (κ2) is 9.34. The zero-order valence-corrected chi connectivity index (χ0v) is 17.8. The van der Waals surface area contributed by atoms with E-state index in [-0.39, 0.29) is 11.9 Å². The van der Waals surface area contributed by atoms with Crippen molar-refractivity contribution in [3.63, 3.8) is 0 Å². The lowest BCUT2D eigenvalue weighted by Crippen LogP contribution is -2.40. The predicted molar refractivity (Wildman–Crippen MR) is 116 cm³/mol. The number of fused-ring (bicyclic) bond motifs is 1. The standard InChI is InChI=1S/C23H30N6O/c1-17-20(18(2)27-29-16-24-26-23(17)29)11-12-22(30)25-21(19-9-5-3-6-10-19)15-28-13-7-4-8-14-28/h3,5-6,9-10,16,21H,4,7-8,11-15H2,1-2H3,(H,25,30). The van der Waals surface area contributed by atoms with E-state index in [4.69, 9.17) is 0 Å². The highest BCUT2D eigenvalue weighted by Gasteiger charge is 2.20. The number of aryl methyl sites for hydroxylation is 2. The third kappa shape index (κ3) is 4.67. The molecule has 1 aliphatic heterocycles. The Hall–Kier alpha value is -2.80. The maximum absolute atomic E-state index is 12.9. The fourth-order valence-corrected chi connectivity index (χ4v) is 4.37. The molecule has 30 heavy (non-hydrogen) atoms. The second-order valence-electron chi connectivity index (χ2n) is 8.18. The molecule has 0 bridgehead atoms. The number of carbonyl (C=O) groups is 1. The minimum atomic E-state index is 0.0103. The van der Waals surface area contributed by atoms with E-state index >= 15 is 0 Å². The molecule has 1 amide bonds. The largest absolute Gasteiger partial charge is 0.348 e. The van der Waals surface area contributed by atoms with Gasteiger partial charge in [-0.1, -0.05) is 36.8 Å². The van der Waals surface area contributed by atoms with E-state index in [9.17, 15) is 4.79 Å². The average molecular weight is 407 g/mol. The highest BCUT2D eigenvalue weighted by atomic mass is 16.1. The molecular weight excluding hydrogens is 376 g/mol. The van der Waals surface area contributed by atoms with Crippen LogP contribution < -0.4 is 5.32 Å². The third-order valence-electron chi connectivity index (χ3n) is 6.04. The predicted octanol–water partition coefficient (Wildman–Crippen LogP) is 3.02. The Bertz CT molecular complexity index is 994. The van der Waals surface area contributed by atoms with Gasteiger partial charge in [0.1, 0.15) is 6.33 Å². The van der Waals surface area contributed by atoms with Gasteiger partial charge in [0.2, 0.25) is 5.91 Å². The Kier molecular flexibility index (Phi) is 6.38. The monoisotopic (exact) mass is 406 g/mol. The van der Waals surface area contributed by atoms with Crippen molar-refractivity contribution in [2.45, 2.75) is 52.0 Å². The van der Waals surface area contributed by atoms with Crippen LogP contribution in [0.15, 0.2) is 36.7 Å². The number of amides is 1. The van der Waals surface area contributed by atoms with Gasteiger partial charge in [-0.2, -0.15) is 5.10 Å². The Morgan fingerprint density at radius 3 is 2.67 bits per heavy atom. The minimum absolute atomic E-state index is 0.0103.